The highest BCUT2D eigenvalue weighted by Gasteiger charge is 2.13. The van der Waals surface area contributed by atoms with Crippen LogP contribution in [-0.2, 0) is 11.8 Å². The topological polar surface area (TPSA) is 74.2 Å². The Balaban J connectivity index is 1.89. The number of ether oxygens (including phenoxy) is 1. The number of nitrogens with two attached hydrogens (primary N) is 1. The molecule has 0 aliphatic heterocycles. The van der Waals surface area contributed by atoms with Crippen molar-refractivity contribution in [1.29, 1.82) is 0 Å². The number of aromatic nitrogens is 2. The minimum atomic E-state index is 0.152. The zero-order valence-electron chi connectivity index (χ0n) is 11.5. The standard InChI is InChI=1S/C14H19N3O2/c1-14(2,3)10-4-6-11(7-5-10)18-9-8-12-13(15)17-19-16-12/h4-7H,8-9H2,1-3H3,(H2,15,17). The molecule has 0 atom stereocenters. The molecule has 1 aromatic carbocycles. The van der Waals surface area contributed by atoms with Crippen LogP contribution in [0.2, 0.25) is 0 Å². The van der Waals surface area contributed by atoms with Crippen molar-refractivity contribution < 1.29 is 9.37 Å². The summed E-state index contributed by atoms with van der Waals surface area (Å²) in [4.78, 5) is 0. The average molecular weight is 261 g/mol. The van der Waals surface area contributed by atoms with E-state index in [9.17, 15) is 0 Å². The summed E-state index contributed by atoms with van der Waals surface area (Å²) in [5.74, 6) is 1.16. The summed E-state index contributed by atoms with van der Waals surface area (Å²) in [5, 5.41) is 7.22. The molecule has 0 aliphatic rings. The molecular formula is C14H19N3O2. The first kappa shape index (κ1) is 13.4. The van der Waals surface area contributed by atoms with Gasteiger partial charge in [0.05, 0.1) is 6.61 Å². The number of hydrogen-bond acceptors (Lipinski definition) is 5. The van der Waals surface area contributed by atoms with Crippen molar-refractivity contribution in [3.05, 3.63) is 35.5 Å². The first-order chi connectivity index (χ1) is 8.97. The Morgan fingerprint density at radius 2 is 1.84 bits per heavy atom. The van der Waals surface area contributed by atoms with Crippen molar-refractivity contribution in [3.8, 4) is 5.75 Å². The van der Waals surface area contributed by atoms with Gasteiger partial charge in [-0.25, -0.2) is 4.63 Å². The third kappa shape index (κ3) is 3.47. The average Bonchev–Trinajstić information content (AvgIpc) is 2.75. The quantitative estimate of drug-likeness (QED) is 0.915. The molecule has 0 bridgehead atoms. The van der Waals surface area contributed by atoms with Gasteiger partial charge in [-0.3, -0.25) is 0 Å². The van der Waals surface area contributed by atoms with Gasteiger partial charge in [0, 0.05) is 6.42 Å². The number of rotatable bonds is 4. The molecule has 0 fully saturated rings. The maximum atomic E-state index is 5.64. The van der Waals surface area contributed by atoms with E-state index in [0.29, 0.717) is 24.5 Å². The fourth-order valence-corrected chi connectivity index (χ4v) is 1.70. The fraction of sp³-hybridized carbons (Fsp3) is 0.429. The zero-order valence-corrected chi connectivity index (χ0v) is 11.5. The van der Waals surface area contributed by atoms with E-state index in [2.05, 4.69) is 47.8 Å². The summed E-state index contributed by atoms with van der Waals surface area (Å²) in [6, 6.07) is 8.12. The smallest absolute Gasteiger partial charge is 0.191 e. The van der Waals surface area contributed by atoms with E-state index in [1.165, 1.54) is 5.56 Å². The molecule has 0 saturated carbocycles. The first-order valence-corrected chi connectivity index (χ1v) is 6.27. The number of hydrogen-bond donors (Lipinski definition) is 1. The van der Waals surface area contributed by atoms with E-state index >= 15 is 0 Å². The zero-order chi connectivity index (χ0) is 13.9. The van der Waals surface area contributed by atoms with E-state index in [0.717, 1.165) is 5.75 Å². The lowest BCUT2D eigenvalue weighted by Crippen LogP contribution is -2.10. The van der Waals surface area contributed by atoms with Gasteiger partial charge in [-0.05, 0) is 28.3 Å². The molecule has 2 N–H and O–H groups in total. The van der Waals surface area contributed by atoms with Gasteiger partial charge < -0.3 is 10.5 Å². The largest absolute Gasteiger partial charge is 0.493 e. The van der Waals surface area contributed by atoms with Crippen LogP contribution in [0.3, 0.4) is 0 Å². The van der Waals surface area contributed by atoms with Gasteiger partial charge in [0.1, 0.15) is 11.4 Å². The minimum absolute atomic E-state index is 0.152. The summed E-state index contributed by atoms with van der Waals surface area (Å²) >= 11 is 0. The van der Waals surface area contributed by atoms with E-state index in [1.54, 1.807) is 0 Å². The molecule has 1 aromatic heterocycles. The predicted octanol–water partition coefficient (Wildman–Crippen LogP) is 2.57. The number of nitrogens with zero attached hydrogens (tertiary/aromatic N) is 2. The number of anilines is 1. The normalized spacial score (nSPS) is 11.5. The van der Waals surface area contributed by atoms with E-state index in [-0.39, 0.29) is 5.41 Å². The SMILES string of the molecule is CC(C)(C)c1ccc(OCCc2nonc2N)cc1. The third-order valence-electron chi connectivity index (χ3n) is 2.91. The summed E-state index contributed by atoms with van der Waals surface area (Å²) in [5.41, 5.74) is 7.63. The van der Waals surface area contributed by atoms with Gasteiger partial charge in [-0.2, -0.15) is 0 Å². The monoisotopic (exact) mass is 261 g/mol. The molecule has 2 aromatic rings. The van der Waals surface area contributed by atoms with Gasteiger partial charge in [0.2, 0.25) is 0 Å². The van der Waals surface area contributed by atoms with Crippen molar-refractivity contribution in [3.63, 3.8) is 0 Å². The number of nitrogen functional groups attached to an aromatic ring is 1. The highest BCUT2D eigenvalue weighted by Crippen LogP contribution is 2.24. The minimum Gasteiger partial charge on any atom is -0.493 e. The Bertz CT molecular complexity index is 526. The molecule has 5 heteroatoms. The van der Waals surface area contributed by atoms with Crippen LogP contribution >= 0.6 is 0 Å². The highest BCUT2D eigenvalue weighted by molar-refractivity contribution is 5.32. The van der Waals surface area contributed by atoms with Crippen LogP contribution in [0.1, 0.15) is 32.0 Å². The Kier molecular flexibility index (Phi) is 3.74. The lowest BCUT2D eigenvalue weighted by Gasteiger charge is -2.19. The van der Waals surface area contributed by atoms with Crippen molar-refractivity contribution >= 4 is 5.82 Å². The van der Waals surface area contributed by atoms with Crippen molar-refractivity contribution in [2.45, 2.75) is 32.6 Å². The van der Waals surface area contributed by atoms with Crippen LogP contribution in [0.4, 0.5) is 5.82 Å². The van der Waals surface area contributed by atoms with E-state index in [1.807, 2.05) is 12.1 Å². The lowest BCUT2D eigenvalue weighted by atomic mass is 9.87. The number of benzene rings is 1. The van der Waals surface area contributed by atoms with Crippen LogP contribution in [0.15, 0.2) is 28.9 Å². The Morgan fingerprint density at radius 1 is 1.16 bits per heavy atom. The maximum absolute atomic E-state index is 5.64. The van der Waals surface area contributed by atoms with Gasteiger partial charge in [0.15, 0.2) is 5.82 Å². The molecule has 1 heterocycles. The molecule has 0 amide bonds. The molecule has 5 nitrogen and oxygen atoms in total. The van der Waals surface area contributed by atoms with Gasteiger partial charge in [-0.1, -0.05) is 38.1 Å². The lowest BCUT2D eigenvalue weighted by molar-refractivity contribution is 0.293. The van der Waals surface area contributed by atoms with Crippen LogP contribution in [-0.4, -0.2) is 16.9 Å². The second-order valence-corrected chi connectivity index (χ2v) is 5.47. The van der Waals surface area contributed by atoms with E-state index < -0.39 is 0 Å². The molecule has 0 unspecified atom stereocenters. The fourth-order valence-electron chi connectivity index (χ4n) is 1.70. The maximum Gasteiger partial charge on any atom is 0.191 e. The van der Waals surface area contributed by atoms with Gasteiger partial charge in [-0.15, -0.1) is 0 Å². The molecule has 19 heavy (non-hydrogen) atoms. The summed E-state index contributed by atoms with van der Waals surface area (Å²) < 4.78 is 10.2. The summed E-state index contributed by atoms with van der Waals surface area (Å²) in [7, 11) is 0. The van der Waals surface area contributed by atoms with Crippen molar-refractivity contribution in [2.75, 3.05) is 12.3 Å². The summed E-state index contributed by atoms with van der Waals surface area (Å²) in [6.45, 7) is 7.04. The third-order valence-corrected chi connectivity index (χ3v) is 2.91. The van der Waals surface area contributed by atoms with Crippen molar-refractivity contribution in [2.24, 2.45) is 0 Å². The predicted molar refractivity (Wildman–Crippen MR) is 73.1 cm³/mol. The molecule has 0 radical (unpaired) electrons. The molecule has 0 aliphatic carbocycles. The van der Waals surface area contributed by atoms with Crippen LogP contribution < -0.4 is 10.5 Å². The molecular weight excluding hydrogens is 242 g/mol. The van der Waals surface area contributed by atoms with Gasteiger partial charge >= 0.3 is 0 Å². The van der Waals surface area contributed by atoms with E-state index in [4.69, 9.17) is 10.5 Å². The Morgan fingerprint density at radius 3 is 2.37 bits per heavy atom. The van der Waals surface area contributed by atoms with Crippen LogP contribution in [0.5, 0.6) is 5.75 Å². The highest BCUT2D eigenvalue weighted by atomic mass is 16.6. The van der Waals surface area contributed by atoms with Crippen LogP contribution in [0, 0.1) is 0 Å². The molecule has 0 saturated heterocycles. The summed E-state index contributed by atoms with van der Waals surface area (Å²) in [6.07, 6.45) is 0.580. The Labute approximate surface area is 112 Å². The van der Waals surface area contributed by atoms with Crippen molar-refractivity contribution in [1.82, 2.24) is 10.3 Å². The molecule has 0 spiro atoms. The second-order valence-electron chi connectivity index (χ2n) is 5.47. The first-order valence-electron chi connectivity index (χ1n) is 6.27. The van der Waals surface area contributed by atoms with Gasteiger partial charge in [0.25, 0.3) is 0 Å². The molecule has 102 valence electrons. The van der Waals surface area contributed by atoms with Crippen LogP contribution in [0.25, 0.3) is 0 Å². The molecule has 2 rings (SSSR count). The second kappa shape index (κ2) is 5.30. The Hall–Kier alpha value is -2.04.